The molecule has 88 valence electrons. The number of aromatic nitrogens is 1. The van der Waals surface area contributed by atoms with Crippen molar-refractivity contribution in [2.75, 3.05) is 5.32 Å². The average Bonchev–Trinajstić information content (AvgIpc) is 2.81. The Morgan fingerprint density at radius 2 is 2.24 bits per heavy atom. The first-order chi connectivity index (χ1) is 8.18. The molecule has 0 radical (unpaired) electrons. The van der Waals surface area contributed by atoms with Crippen LogP contribution in [-0.2, 0) is 0 Å². The van der Waals surface area contributed by atoms with E-state index in [0.29, 0.717) is 5.56 Å². The number of thiazole rings is 1. The van der Waals surface area contributed by atoms with Crippen LogP contribution in [0.4, 0.5) is 10.8 Å². The molecule has 2 rings (SSSR count). The maximum atomic E-state index is 10.9. The van der Waals surface area contributed by atoms with E-state index < -0.39 is 0 Å². The van der Waals surface area contributed by atoms with E-state index in [4.69, 9.17) is 0 Å². The summed E-state index contributed by atoms with van der Waals surface area (Å²) in [6.07, 6.45) is 1.69. The molecule has 1 aromatic carbocycles. The molecule has 1 unspecified atom stereocenters. The smallest absolute Gasteiger partial charge is 0.274 e. The van der Waals surface area contributed by atoms with E-state index >= 15 is 0 Å². The first-order valence-corrected chi connectivity index (χ1v) is 5.96. The lowest BCUT2D eigenvalue weighted by Crippen LogP contribution is -2.08. The third-order valence-corrected chi connectivity index (χ3v) is 3.08. The summed E-state index contributed by atoms with van der Waals surface area (Å²) in [4.78, 5) is 14.6. The fourth-order valence-corrected chi connectivity index (χ4v) is 2.19. The number of nitrogens with zero attached hydrogens (tertiary/aromatic N) is 2. The Hall–Kier alpha value is -1.95. The third kappa shape index (κ3) is 2.59. The van der Waals surface area contributed by atoms with Gasteiger partial charge >= 0.3 is 0 Å². The van der Waals surface area contributed by atoms with Crippen LogP contribution in [0, 0.1) is 10.1 Å². The molecular formula is C11H11N3O2S. The summed E-state index contributed by atoms with van der Waals surface area (Å²) in [7, 11) is 0. The number of rotatable bonds is 4. The molecule has 0 saturated heterocycles. The molecule has 0 fully saturated rings. The molecular weight excluding hydrogens is 238 g/mol. The summed E-state index contributed by atoms with van der Waals surface area (Å²) >= 11 is 1.47. The highest BCUT2D eigenvalue weighted by atomic mass is 32.1. The van der Waals surface area contributed by atoms with Crippen molar-refractivity contribution >= 4 is 22.2 Å². The number of nitrogens with one attached hydrogen (secondary N) is 1. The minimum atomic E-state index is -0.366. The van der Waals surface area contributed by atoms with E-state index in [0.717, 1.165) is 5.13 Å². The minimum absolute atomic E-state index is 0.129. The number of anilines is 1. The van der Waals surface area contributed by atoms with Gasteiger partial charge in [-0.25, -0.2) is 4.98 Å². The largest absolute Gasteiger partial charge is 0.355 e. The number of hydrogen-bond acceptors (Lipinski definition) is 5. The Labute approximate surface area is 102 Å². The summed E-state index contributed by atoms with van der Waals surface area (Å²) in [6, 6.07) is 6.57. The van der Waals surface area contributed by atoms with Crippen molar-refractivity contribution in [1.29, 1.82) is 0 Å². The molecule has 1 atom stereocenters. The summed E-state index contributed by atoms with van der Waals surface area (Å²) in [5.74, 6) is 0. The maximum absolute atomic E-state index is 10.9. The molecule has 0 aliphatic rings. The summed E-state index contributed by atoms with van der Waals surface area (Å²) in [6.45, 7) is 1.88. The van der Waals surface area contributed by atoms with Gasteiger partial charge < -0.3 is 5.32 Å². The van der Waals surface area contributed by atoms with Crippen LogP contribution in [0.2, 0.25) is 0 Å². The molecule has 1 aromatic heterocycles. The minimum Gasteiger partial charge on any atom is -0.355 e. The van der Waals surface area contributed by atoms with Gasteiger partial charge in [-0.15, -0.1) is 11.3 Å². The third-order valence-electron chi connectivity index (χ3n) is 2.37. The molecule has 0 bridgehead atoms. The summed E-state index contributed by atoms with van der Waals surface area (Å²) in [5.41, 5.74) is 0.789. The fourth-order valence-electron chi connectivity index (χ4n) is 1.58. The van der Waals surface area contributed by atoms with E-state index in [2.05, 4.69) is 10.3 Å². The van der Waals surface area contributed by atoms with E-state index in [1.807, 2.05) is 12.3 Å². The van der Waals surface area contributed by atoms with Crippen LogP contribution >= 0.6 is 11.3 Å². The predicted octanol–water partition coefficient (Wildman–Crippen LogP) is 3.22. The van der Waals surface area contributed by atoms with Crippen molar-refractivity contribution < 1.29 is 4.92 Å². The number of hydrogen-bond donors (Lipinski definition) is 1. The normalized spacial score (nSPS) is 12.1. The van der Waals surface area contributed by atoms with Crippen molar-refractivity contribution in [1.82, 2.24) is 4.98 Å². The van der Waals surface area contributed by atoms with Crippen LogP contribution in [0.3, 0.4) is 0 Å². The van der Waals surface area contributed by atoms with E-state index in [1.165, 1.54) is 17.4 Å². The van der Waals surface area contributed by atoms with Crippen molar-refractivity contribution in [2.45, 2.75) is 13.0 Å². The lowest BCUT2D eigenvalue weighted by atomic mass is 10.1. The Morgan fingerprint density at radius 1 is 1.47 bits per heavy atom. The van der Waals surface area contributed by atoms with Gasteiger partial charge in [-0.3, -0.25) is 10.1 Å². The van der Waals surface area contributed by atoms with Crippen LogP contribution in [0.5, 0.6) is 0 Å². The quantitative estimate of drug-likeness (QED) is 0.667. The molecule has 2 aromatic rings. The van der Waals surface area contributed by atoms with Gasteiger partial charge in [-0.1, -0.05) is 18.2 Å². The van der Waals surface area contributed by atoms with Gasteiger partial charge in [0, 0.05) is 17.6 Å². The van der Waals surface area contributed by atoms with E-state index in [1.54, 1.807) is 24.4 Å². The van der Waals surface area contributed by atoms with Crippen LogP contribution in [-0.4, -0.2) is 9.91 Å². The highest BCUT2D eigenvalue weighted by Gasteiger charge is 2.18. The number of para-hydroxylation sites is 1. The molecule has 17 heavy (non-hydrogen) atoms. The molecule has 6 heteroatoms. The standard InChI is InChI=1S/C11H11N3O2S/c1-8(13-11-12-6-7-17-11)9-4-2-3-5-10(9)14(15)16/h2-8H,1H3,(H,12,13). The van der Waals surface area contributed by atoms with Crippen molar-refractivity contribution in [2.24, 2.45) is 0 Å². The highest BCUT2D eigenvalue weighted by molar-refractivity contribution is 7.13. The molecule has 1 heterocycles. The van der Waals surface area contributed by atoms with Crippen molar-refractivity contribution in [3.8, 4) is 0 Å². The van der Waals surface area contributed by atoms with Gasteiger partial charge in [0.05, 0.1) is 16.5 Å². The second kappa shape index (κ2) is 4.92. The Kier molecular flexibility index (Phi) is 3.34. The molecule has 0 amide bonds. The molecule has 0 aliphatic carbocycles. The summed E-state index contributed by atoms with van der Waals surface area (Å²) < 4.78 is 0. The van der Waals surface area contributed by atoms with Gasteiger partial charge in [-0.05, 0) is 6.92 Å². The molecule has 0 spiro atoms. The Balaban J connectivity index is 2.24. The maximum Gasteiger partial charge on any atom is 0.274 e. The predicted molar refractivity (Wildman–Crippen MR) is 67.2 cm³/mol. The summed E-state index contributed by atoms with van der Waals surface area (Å²) in [5, 5.41) is 16.6. The van der Waals surface area contributed by atoms with Crippen molar-refractivity contribution in [3.63, 3.8) is 0 Å². The highest BCUT2D eigenvalue weighted by Crippen LogP contribution is 2.27. The molecule has 1 N–H and O–H groups in total. The Bertz CT molecular complexity index is 513. The lowest BCUT2D eigenvalue weighted by Gasteiger charge is -2.13. The van der Waals surface area contributed by atoms with Crippen LogP contribution in [0.1, 0.15) is 18.5 Å². The molecule has 0 aliphatic heterocycles. The van der Waals surface area contributed by atoms with E-state index in [-0.39, 0.29) is 16.7 Å². The zero-order chi connectivity index (χ0) is 12.3. The number of nitro groups is 1. The average molecular weight is 249 g/mol. The van der Waals surface area contributed by atoms with Gasteiger partial charge in [0.1, 0.15) is 0 Å². The number of benzene rings is 1. The Morgan fingerprint density at radius 3 is 2.88 bits per heavy atom. The first kappa shape index (κ1) is 11.5. The number of nitro benzene ring substituents is 1. The topological polar surface area (TPSA) is 68.1 Å². The van der Waals surface area contributed by atoms with Crippen LogP contribution < -0.4 is 5.32 Å². The second-order valence-electron chi connectivity index (χ2n) is 3.52. The van der Waals surface area contributed by atoms with Crippen molar-refractivity contribution in [3.05, 3.63) is 51.5 Å². The van der Waals surface area contributed by atoms with Gasteiger partial charge in [0.25, 0.3) is 5.69 Å². The second-order valence-corrected chi connectivity index (χ2v) is 4.41. The van der Waals surface area contributed by atoms with Gasteiger partial charge in [-0.2, -0.15) is 0 Å². The zero-order valence-corrected chi connectivity index (χ0v) is 9.98. The zero-order valence-electron chi connectivity index (χ0n) is 9.16. The fraction of sp³-hybridized carbons (Fsp3) is 0.182. The van der Waals surface area contributed by atoms with Gasteiger partial charge in [0.15, 0.2) is 5.13 Å². The molecule has 0 saturated carbocycles. The SMILES string of the molecule is CC(Nc1nccs1)c1ccccc1[N+](=O)[O-]. The first-order valence-electron chi connectivity index (χ1n) is 5.08. The lowest BCUT2D eigenvalue weighted by molar-refractivity contribution is -0.385. The van der Waals surface area contributed by atoms with E-state index in [9.17, 15) is 10.1 Å². The van der Waals surface area contributed by atoms with Crippen LogP contribution in [0.15, 0.2) is 35.8 Å². The molecule has 5 nitrogen and oxygen atoms in total. The van der Waals surface area contributed by atoms with Crippen LogP contribution in [0.25, 0.3) is 0 Å². The monoisotopic (exact) mass is 249 g/mol. The van der Waals surface area contributed by atoms with Gasteiger partial charge in [0.2, 0.25) is 0 Å².